The van der Waals surface area contributed by atoms with Crippen LogP contribution in [0.2, 0.25) is 0 Å². The molecule has 0 amide bonds. The van der Waals surface area contributed by atoms with Gasteiger partial charge in [-0.2, -0.15) is 0 Å². The van der Waals surface area contributed by atoms with Crippen molar-refractivity contribution in [3.63, 3.8) is 0 Å². The highest BCUT2D eigenvalue weighted by molar-refractivity contribution is 4.65. The van der Waals surface area contributed by atoms with Crippen LogP contribution in [0.15, 0.2) is 0 Å². The fourth-order valence-corrected chi connectivity index (χ4v) is 0.411. The van der Waals surface area contributed by atoms with Gasteiger partial charge < -0.3 is 11.1 Å². The Labute approximate surface area is 51.5 Å². The Morgan fingerprint density at radius 3 is 2.25 bits per heavy atom. The molecule has 0 saturated carbocycles. The minimum Gasteiger partial charge on any atom is -0.334 e. The summed E-state index contributed by atoms with van der Waals surface area (Å²) in [7, 11) is 3.51. The lowest BCUT2D eigenvalue weighted by molar-refractivity contribution is -0.607. The molecule has 0 heterocycles. The van der Waals surface area contributed by atoms with Crippen molar-refractivity contribution in [3.05, 3.63) is 7.05 Å². The highest BCUT2D eigenvalue weighted by Gasteiger charge is 2.15. The molecule has 0 rings (SSSR count). The molecular formula is C6H15N2. The maximum absolute atomic E-state index is 5.42. The summed E-state index contributed by atoms with van der Waals surface area (Å²) >= 11 is 0. The van der Waals surface area contributed by atoms with E-state index in [9.17, 15) is 0 Å². The van der Waals surface area contributed by atoms with Gasteiger partial charge in [0.1, 0.15) is 0 Å². The fourth-order valence-electron chi connectivity index (χ4n) is 0.411. The van der Waals surface area contributed by atoms with E-state index in [-0.39, 0.29) is 5.41 Å². The number of hydrogen-bond donors (Lipinski definition) is 2. The van der Waals surface area contributed by atoms with Crippen molar-refractivity contribution >= 4 is 0 Å². The molecule has 0 unspecified atom stereocenters. The highest BCUT2D eigenvalue weighted by atomic mass is 14.8. The number of hydrogen-bond acceptors (Lipinski definition) is 2. The molecule has 0 aliphatic carbocycles. The summed E-state index contributed by atoms with van der Waals surface area (Å²) in [5, 5.41) is 2.83. The zero-order chi connectivity index (χ0) is 6.62. The van der Waals surface area contributed by atoms with Crippen LogP contribution in [0.4, 0.5) is 0 Å². The average molecular weight is 115 g/mol. The topological polar surface area (TPSA) is 41.6 Å². The van der Waals surface area contributed by atoms with E-state index in [2.05, 4.69) is 26.2 Å². The fraction of sp³-hybridized carbons (Fsp3) is 0.833. The first kappa shape index (κ1) is 7.92. The normalized spacial score (nSPS) is 12.0. The van der Waals surface area contributed by atoms with E-state index < -0.39 is 0 Å². The molecule has 0 atom stereocenters. The van der Waals surface area contributed by atoms with Crippen LogP contribution in [0.1, 0.15) is 13.8 Å². The van der Waals surface area contributed by atoms with E-state index in [1.807, 2.05) is 0 Å². The van der Waals surface area contributed by atoms with Crippen LogP contribution in [-0.2, 0) is 0 Å². The lowest BCUT2D eigenvalue weighted by Gasteiger charge is -2.17. The van der Waals surface area contributed by atoms with Gasteiger partial charge in [-0.3, -0.25) is 0 Å². The SMILES string of the molecule is [CH2-][NH+]CC(C)(C)CN. The van der Waals surface area contributed by atoms with Crippen molar-refractivity contribution < 1.29 is 5.32 Å². The molecule has 0 aromatic heterocycles. The third-order valence-electron chi connectivity index (χ3n) is 1.16. The van der Waals surface area contributed by atoms with Gasteiger partial charge in [-0.15, -0.1) is 7.05 Å². The third kappa shape index (κ3) is 2.99. The quantitative estimate of drug-likeness (QED) is 0.460. The Morgan fingerprint density at radius 2 is 2.12 bits per heavy atom. The molecule has 1 radical (unpaired) electrons. The van der Waals surface area contributed by atoms with Crippen LogP contribution >= 0.6 is 0 Å². The van der Waals surface area contributed by atoms with Gasteiger partial charge in [-0.1, -0.05) is 13.8 Å². The molecule has 8 heavy (non-hydrogen) atoms. The molecule has 0 aliphatic rings. The summed E-state index contributed by atoms with van der Waals surface area (Å²) < 4.78 is 0. The van der Waals surface area contributed by atoms with E-state index in [1.54, 1.807) is 0 Å². The minimum absolute atomic E-state index is 0.196. The van der Waals surface area contributed by atoms with Crippen molar-refractivity contribution in [2.75, 3.05) is 13.1 Å². The van der Waals surface area contributed by atoms with Crippen molar-refractivity contribution in [3.8, 4) is 0 Å². The summed E-state index contributed by atoms with van der Waals surface area (Å²) in [5.41, 5.74) is 5.62. The molecule has 2 nitrogen and oxygen atoms in total. The largest absolute Gasteiger partial charge is 0.334 e. The summed E-state index contributed by atoms with van der Waals surface area (Å²) in [5.74, 6) is 0. The Kier molecular flexibility index (Phi) is 3.02. The first-order valence-electron chi connectivity index (χ1n) is 2.82. The Bertz CT molecular complexity index is 59.5. The van der Waals surface area contributed by atoms with Crippen molar-refractivity contribution in [2.24, 2.45) is 11.1 Å². The first-order valence-corrected chi connectivity index (χ1v) is 2.82. The number of nitrogens with two attached hydrogens (primary N) is 1. The molecule has 0 aromatic carbocycles. The maximum atomic E-state index is 5.42. The van der Waals surface area contributed by atoms with Gasteiger partial charge in [0.15, 0.2) is 0 Å². The average Bonchev–Trinajstić information content (AvgIpc) is 1.67. The van der Waals surface area contributed by atoms with E-state index >= 15 is 0 Å². The lowest BCUT2D eigenvalue weighted by Crippen LogP contribution is -2.80. The van der Waals surface area contributed by atoms with E-state index in [0.717, 1.165) is 6.54 Å². The smallest absolute Gasteiger partial charge is 0.0989 e. The predicted molar refractivity (Wildman–Crippen MR) is 34.0 cm³/mol. The van der Waals surface area contributed by atoms with Crippen LogP contribution in [0.5, 0.6) is 0 Å². The van der Waals surface area contributed by atoms with Crippen LogP contribution in [-0.4, -0.2) is 13.1 Å². The van der Waals surface area contributed by atoms with Crippen molar-refractivity contribution in [1.29, 1.82) is 0 Å². The molecule has 0 bridgehead atoms. The summed E-state index contributed by atoms with van der Waals surface area (Å²) in [6, 6.07) is 0. The second-order valence-electron chi connectivity index (χ2n) is 2.80. The van der Waals surface area contributed by atoms with Gasteiger partial charge in [0.05, 0.1) is 6.54 Å². The molecule has 0 spiro atoms. The highest BCUT2D eigenvalue weighted by Crippen LogP contribution is 2.06. The van der Waals surface area contributed by atoms with E-state index in [1.165, 1.54) is 0 Å². The Balaban J connectivity index is 3.37. The van der Waals surface area contributed by atoms with E-state index in [0.29, 0.717) is 6.54 Å². The molecule has 0 saturated heterocycles. The number of rotatable bonds is 3. The van der Waals surface area contributed by atoms with Gasteiger partial charge in [-0.05, 0) is 0 Å². The van der Waals surface area contributed by atoms with Gasteiger partial charge >= 0.3 is 0 Å². The molecule has 3 N–H and O–H groups in total. The Morgan fingerprint density at radius 1 is 1.62 bits per heavy atom. The van der Waals surface area contributed by atoms with Crippen LogP contribution in [0.25, 0.3) is 0 Å². The monoisotopic (exact) mass is 115 g/mol. The zero-order valence-electron chi connectivity index (χ0n) is 5.70. The second-order valence-corrected chi connectivity index (χ2v) is 2.80. The van der Waals surface area contributed by atoms with E-state index in [4.69, 9.17) is 5.73 Å². The molecule has 49 valence electrons. The minimum atomic E-state index is 0.196. The molecule has 0 aromatic rings. The van der Waals surface area contributed by atoms with Gasteiger partial charge in [-0.25, -0.2) is 0 Å². The van der Waals surface area contributed by atoms with Gasteiger partial charge in [0, 0.05) is 12.0 Å². The molecule has 0 fully saturated rings. The van der Waals surface area contributed by atoms with Crippen LogP contribution in [0.3, 0.4) is 0 Å². The van der Waals surface area contributed by atoms with Crippen molar-refractivity contribution in [2.45, 2.75) is 13.8 Å². The third-order valence-corrected chi connectivity index (χ3v) is 1.16. The predicted octanol–water partition coefficient (Wildman–Crippen LogP) is -0.888. The standard InChI is InChI=1S/C6H15N2/c1-6(2,4-7)5-8-3/h8H,3-5,7H2,1-2H3. The maximum Gasteiger partial charge on any atom is 0.0989 e. The molecule has 2 heteroatoms. The van der Waals surface area contributed by atoms with Crippen LogP contribution < -0.4 is 11.1 Å². The first-order chi connectivity index (χ1) is 3.62. The van der Waals surface area contributed by atoms with Crippen molar-refractivity contribution in [1.82, 2.24) is 0 Å². The van der Waals surface area contributed by atoms with Gasteiger partial charge in [0.25, 0.3) is 0 Å². The Hall–Kier alpha value is -0.0800. The summed E-state index contributed by atoms with van der Waals surface area (Å²) in [6.07, 6.45) is 0. The summed E-state index contributed by atoms with van der Waals surface area (Å²) in [4.78, 5) is 0. The number of nitrogens with one attached hydrogen (secondary N) is 1. The zero-order valence-corrected chi connectivity index (χ0v) is 5.70. The summed E-state index contributed by atoms with van der Waals surface area (Å²) in [6.45, 7) is 5.79. The van der Waals surface area contributed by atoms with Crippen LogP contribution in [0, 0.1) is 12.5 Å². The molecular weight excluding hydrogens is 100 g/mol. The van der Waals surface area contributed by atoms with Gasteiger partial charge in [0.2, 0.25) is 0 Å². The molecule has 0 aliphatic heterocycles. The lowest BCUT2D eigenvalue weighted by atomic mass is 9.94. The second kappa shape index (κ2) is 3.05.